The Balaban J connectivity index is 2.37. The lowest BCUT2D eigenvalue weighted by Gasteiger charge is -2.02. The van der Waals surface area contributed by atoms with E-state index in [1.165, 1.54) is 6.26 Å². The molecule has 1 saturated heterocycles. The fourth-order valence-corrected chi connectivity index (χ4v) is 3.69. The molecular formula is C7H8BrNO3S. The SMILES string of the molecule is O=S1(=O)CCCC1c1coc(Br)n1. The van der Waals surface area contributed by atoms with Crippen LogP contribution in [-0.2, 0) is 9.84 Å². The van der Waals surface area contributed by atoms with E-state index in [9.17, 15) is 8.42 Å². The Morgan fingerprint density at radius 3 is 2.85 bits per heavy atom. The van der Waals surface area contributed by atoms with E-state index in [0.717, 1.165) is 6.42 Å². The largest absolute Gasteiger partial charge is 0.439 e. The average molecular weight is 266 g/mol. The first-order chi connectivity index (χ1) is 6.09. The summed E-state index contributed by atoms with van der Waals surface area (Å²) in [6.07, 6.45) is 2.77. The molecule has 1 aromatic heterocycles. The number of oxazole rings is 1. The lowest BCUT2D eigenvalue weighted by molar-refractivity contribution is 0.527. The number of halogens is 1. The van der Waals surface area contributed by atoms with Crippen LogP contribution < -0.4 is 0 Å². The molecular weight excluding hydrogens is 258 g/mol. The van der Waals surface area contributed by atoms with Crippen LogP contribution >= 0.6 is 15.9 Å². The van der Waals surface area contributed by atoms with Gasteiger partial charge in [0.25, 0.3) is 4.80 Å². The zero-order valence-corrected chi connectivity index (χ0v) is 9.14. The maximum absolute atomic E-state index is 11.5. The molecule has 0 saturated carbocycles. The summed E-state index contributed by atoms with van der Waals surface area (Å²) in [6, 6.07) is 0. The lowest BCUT2D eigenvalue weighted by Crippen LogP contribution is -2.07. The molecule has 1 aromatic rings. The molecule has 4 nitrogen and oxygen atoms in total. The van der Waals surface area contributed by atoms with Crippen molar-refractivity contribution in [2.45, 2.75) is 18.1 Å². The maximum Gasteiger partial charge on any atom is 0.264 e. The zero-order valence-electron chi connectivity index (χ0n) is 6.73. The average Bonchev–Trinajstić information content (AvgIpc) is 2.56. The molecule has 2 heterocycles. The number of hydrogen-bond donors (Lipinski definition) is 0. The van der Waals surface area contributed by atoms with Gasteiger partial charge < -0.3 is 4.42 Å². The molecule has 72 valence electrons. The number of rotatable bonds is 1. The van der Waals surface area contributed by atoms with E-state index >= 15 is 0 Å². The Morgan fingerprint density at radius 2 is 2.38 bits per heavy atom. The van der Waals surface area contributed by atoms with Crippen LogP contribution in [0.25, 0.3) is 0 Å². The second-order valence-corrected chi connectivity index (χ2v) is 6.00. The van der Waals surface area contributed by atoms with Gasteiger partial charge in [0.05, 0.1) is 11.4 Å². The van der Waals surface area contributed by atoms with Gasteiger partial charge in [-0.25, -0.2) is 13.4 Å². The predicted octanol–water partition coefficient (Wildman–Crippen LogP) is 1.69. The molecule has 0 amide bonds. The number of nitrogens with zero attached hydrogens (tertiary/aromatic N) is 1. The lowest BCUT2D eigenvalue weighted by atomic mass is 10.2. The highest BCUT2D eigenvalue weighted by atomic mass is 79.9. The first-order valence-corrected chi connectivity index (χ1v) is 6.43. The standard InChI is InChI=1S/C7H8BrNO3S/c8-7-9-5(4-12-7)6-2-1-3-13(6,10)11/h4,6H,1-3H2. The van der Waals surface area contributed by atoms with Crippen LogP contribution in [0.1, 0.15) is 23.8 Å². The van der Waals surface area contributed by atoms with Crippen molar-refractivity contribution in [1.29, 1.82) is 0 Å². The van der Waals surface area contributed by atoms with Gasteiger partial charge in [0.1, 0.15) is 11.5 Å². The summed E-state index contributed by atoms with van der Waals surface area (Å²) < 4.78 is 27.9. The first kappa shape index (κ1) is 9.21. The van der Waals surface area contributed by atoms with E-state index in [1.54, 1.807) is 0 Å². The first-order valence-electron chi connectivity index (χ1n) is 3.92. The summed E-state index contributed by atoms with van der Waals surface area (Å²) in [5.74, 6) is 0.266. The van der Waals surface area contributed by atoms with Crippen molar-refractivity contribution < 1.29 is 12.8 Å². The summed E-state index contributed by atoms with van der Waals surface area (Å²) in [7, 11) is -2.97. The van der Waals surface area contributed by atoms with Crippen molar-refractivity contribution >= 4 is 25.8 Å². The van der Waals surface area contributed by atoms with Crippen LogP contribution in [0.2, 0.25) is 0 Å². The van der Waals surface area contributed by atoms with Crippen molar-refractivity contribution in [3.63, 3.8) is 0 Å². The molecule has 1 atom stereocenters. The number of hydrogen-bond acceptors (Lipinski definition) is 4. The van der Waals surface area contributed by atoms with Gasteiger partial charge in [0.2, 0.25) is 0 Å². The number of sulfone groups is 1. The van der Waals surface area contributed by atoms with E-state index in [-0.39, 0.29) is 5.75 Å². The fraction of sp³-hybridized carbons (Fsp3) is 0.571. The third-order valence-electron chi connectivity index (χ3n) is 2.15. The molecule has 1 unspecified atom stereocenters. The maximum atomic E-state index is 11.5. The third kappa shape index (κ3) is 1.65. The summed E-state index contributed by atoms with van der Waals surface area (Å²) >= 11 is 3.04. The Hall–Kier alpha value is -0.360. The van der Waals surface area contributed by atoms with E-state index < -0.39 is 15.1 Å². The molecule has 0 aromatic carbocycles. The summed E-state index contributed by atoms with van der Waals surface area (Å²) in [6.45, 7) is 0. The van der Waals surface area contributed by atoms with Crippen LogP contribution in [0.3, 0.4) is 0 Å². The predicted molar refractivity (Wildman–Crippen MR) is 50.0 cm³/mol. The second-order valence-electron chi connectivity index (χ2n) is 3.02. The molecule has 0 radical (unpaired) electrons. The monoisotopic (exact) mass is 265 g/mol. The normalized spacial score (nSPS) is 26.4. The van der Waals surface area contributed by atoms with Crippen LogP contribution in [-0.4, -0.2) is 19.2 Å². The van der Waals surface area contributed by atoms with Gasteiger partial charge in [0.15, 0.2) is 9.84 Å². The Morgan fingerprint density at radius 1 is 1.62 bits per heavy atom. The second kappa shape index (κ2) is 3.09. The van der Waals surface area contributed by atoms with Gasteiger partial charge in [0, 0.05) is 15.9 Å². The van der Waals surface area contributed by atoms with Gasteiger partial charge in [-0.1, -0.05) is 0 Å². The highest BCUT2D eigenvalue weighted by Gasteiger charge is 2.34. The molecule has 6 heteroatoms. The summed E-state index contributed by atoms with van der Waals surface area (Å²) in [5.41, 5.74) is 0.518. The van der Waals surface area contributed by atoms with Crippen LogP contribution in [0.15, 0.2) is 15.5 Å². The quantitative estimate of drug-likeness (QED) is 0.776. The molecule has 2 rings (SSSR count). The third-order valence-corrected chi connectivity index (χ3v) is 4.72. The highest BCUT2D eigenvalue weighted by molar-refractivity contribution is 9.10. The molecule has 0 N–H and O–H groups in total. The van der Waals surface area contributed by atoms with E-state index in [2.05, 4.69) is 20.9 Å². The Kier molecular flexibility index (Phi) is 2.19. The molecule has 0 spiro atoms. The number of aromatic nitrogens is 1. The molecule has 1 fully saturated rings. The van der Waals surface area contributed by atoms with E-state index in [1.807, 2.05) is 0 Å². The van der Waals surface area contributed by atoms with Gasteiger partial charge in [-0.05, 0) is 12.8 Å². The van der Waals surface area contributed by atoms with Crippen molar-refractivity contribution in [1.82, 2.24) is 4.98 Å². The zero-order chi connectivity index (χ0) is 9.47. The molecule has 13 heavy (non-hydrogen) atoms. The Bertz CT molecular complexity index is 411. The molecule has 1 aliphatic heterocycles. The van der Waals surface area contributed by atoms with Gasteiger partial charge >= 0.3 is 0 Å². The van der Waals surface area contributed by atoms with Gasteiger partial charge in [-0.3, -0.25) is 0 Å². The van der Waals surface area contributed by atoms with Crippen molar-refractivity contribution in [3.05, 3.63) is 16.8 Å². The molecule has 1 aliphatic rings. The minimum atomic E-state index is -2.97. The van der Waals surface area contributed by atoms with E-state index in [4.69, 9.17) is 4.42 Å². The van der Waals surface area contributed by atoms with Crippen molar-refractivity contribution in [3.8, 4) is 0 Å². The summed E-state index contributed by atoms with van der Waals surface area (Å²) in [5, 5.41) is -0.456. The summed E-state index contributed by atoms with van der Waals surface area (Å²) in [4.78, 5) is 4.30. The minimum absolute atomic E-state index is 0.266. The smallest absolute Gasteiger partial charge is 0.264 e. The van der Waals surface area contributed by atoms with Crippen LogP contribution in [0.5, 0.6) is 0 Å². The van der Waals surface area contributed by atoms with Crippen LogP contribution in [0, 0.1) is 0 Å². The van der Waals surface area contributed by atoms with Crippen LogP contribution in [0.4, 0.5) is 0 Å². The topological polar surface area (TPSA) is 60.2 Å². The highest BCUT2D eigenvalue weighted by Crippen LogP contribution is 2.34. The van der Waals surface area contributed by atoms with Gasteiger partial charge in [-0.15, -0.1) is 0 Å². The van der Waals surface area contributed by atoms with Crippen molar-refractivity contribution in [2.24, 2.45) is 0 Å². The van der Waals surface area contributed by atoms with Gasteiger partial charge in [-0.2, -0.15) is 0 Å². The Labute approximate surface area is 84.4 Å². The molecule has 0 bridgehead atoms. The van der Waals surface area contributed by atoms with Crippen molar-refractivity contribution in [2.75, 3.05) is 5.75 Å². The molecule has 0 aliphatic carbocycles. The van der Waals surface area contributed by atoms with E-state index in [0.29, 0.717) is 16.9 Å². The minimum Gasteiger partial charge on any atom is -0.439 e. The fourth-order valence-electron chi connectivity index (χ4n) is 1.53.